The van der Waals surface area contributed by atoms with Crippen LogP contribution in [0.4, 0.5) is 0 Å². The summed E-state index contributed by atoms with van der Waals surface area (Å²) in [7, 11) is 0. The molecule has 0 bridgehead atoms. The quantitative estimate of drug-likeness (QED) is 0.293. The normalized spacial score (nSPS) is 36.0. The molecule has 3 fully saturated rings. The number of cyclic esters (lactones) is 4. The molecule has 5 atom stereocenters. The first-order chi connectivity index (χ1) is 12.0. The highest BCUT2D eigenvalue weighted by Crippen LogP contribution is 2.67. The van der Waals surface area contributed by atoms with Crippen molar-refractivity contribution >= 4 is 23.9 Å². The first-order valence-corrected chi connectivity index (χ1v) is 7.56. The maximum Gasteiger partial charge on any atom is 0.338 e. The zero-order valence-corrected chi connectivity index (χ0v) is 12.7. The third-order valence-corrected chi connectivity index (χ3v) is 4.63. The monoisotopic (exact) mass is 360 g/mol. The molecule has 8 nitrogen and oxygen atoms in total. The Labute approximate surface area is 148 Å². The Kier molecular flexibility index (Phi) is 4.37. The molecule has 1 aromatic rings. The van der Waals surface area contributed by atoms with Gasteiger partial charge in [-0.3, -0.25) is 9.59 Å². The molecular weight excluding hydrogens is 344 g/mol. The molecule has 4 heterocycles. The van der Waals surface area contributed by atoms with Crippen molar-refractivity contribution in [3.63, 3.8) is 0 Å². The van der Waals surface area contributed by atoms with Crippen LogP contribution < -0.4 is 0 Å². The van der Waals surface area contributed by atoms with Gasteiger partial charge in [0, 0.05) is 18.1 Å². The van der Waals surface area contributed by atoms with Crippen molar-refractivity contribution in [3.05, 3.63) is 49.0 Å². The van der Waals surface area contributed by atoms with Crippen LogP contribution in [0.15, 0.2) is 53.4 Å². The second-order valence-electron chi connectivity index (χ2n) is 5.94. The Balaban J connectivity index is 0.000000129. The largest absolute Gasteiger partial charge is 0.473 e. The standard InChI is InChI=1S/C9H6O4.C4H2O3.C4H4O.CH4/c10-7-4-3-1-2-9(3)6(13-9)5(4)8(11)12-7;5-3-1-2-4(6)7-3;1-2-4-5-3-1;/h1-6H;1-2H;1-4H;1H4/t3-,4?,5-,6?,9?;;;/m1.../s1. The highest BCUT2D eigenvalue weighted by molar-refractivity contribution is 6.05. The number of esters is 4. The third-order valence-electron chi connectivity index (χ3n) is 4.63. The molecule has 26 heavy (non-hydrogen) atoms. The van der Waals surface area contributed by atoms with Crippen molar-refractivity contribution in [2.45, 2.75) is 19.1 Å². The molecule has 1 spiro atoms. The first kappa shape index (κ1) is 17.8. The predicted molar refractivity (Wildman–Crippen MR) is 84.0 cm³/mol. The van der Waals surface area contributed by atoms with E-state index in [-0.39, 0.29) is 42.9 Å². The Hall–Kier alpha value is -3.00. The average Bonchev–Trinajstić information content (AvgIpc) is 2.94. The van der Waals surface area contributed by atoms with Crippen LogP contribution in [-0.4, -0.2) is 35.6 Å². The van der Waals surface area contributed by atoms with Gasteiger partial charge in [0.15, 0.2) is 0 Å². The molecule has 5 aliphatic rings. The minimum Gasteiger partial charge on any atom is -0.473 e. The van der Waals surface area contributed by atoms with Crippen LogP contribution in [0.5, 0.6) is 0 Å². The summed E-state index contributed by atoms with van der Waals surface area (Å²) in [6.07, 6.45) is 9.25. The number of epoxide rings is 1. The van der Waals surface area contributed by atoms with Gasteiger partial charge in [-0.1, -0.05) is 19.6 Å². The topological polar surface area (TPSA) is 112 Å². The molecule has 136 valence electrons. The molecule has 3 aliphatic heterocycles. The zero-order valence-electron chi connectivity index (χ0n) is 12.7. The van der Waals surface area contributed by atoms with Crippen molar-refractivity contribution < 1.29 is 37.8 Å². The number of ether oxygens (including phenoxy) is 3. The lowest BCUT2D eigenvalue weighted by Crippen LogP contribution is -2.33. The van der Waals surface area contributed by atoms with E-state index in [0.717, 1.165) is 12.2 Å². The Morgan fingerprint density at radius 1 is 0.846 bits per heavy atom. The van der Waals surface area contributed by atoms with Crippen molar-refractivity contribution in [2.24, 2.45) is 17.8 Å². The van der Waals surface area contributed by atoms with Gasteiger partial charge >= 0.3 is 23.9 Å². The number of carbonyl (C=O) groups excluding carboxylic acids is 4. The summed E-state index contributed by atoms with van der Waals surface area (Å²) in [6, 6.07) is 3.67. The minimum absolute atomic E-state index is 0. The van der Waals surface area contributed by atoms with Crippen LogP contribution in [0.1, 0.15) is 7.43 Å². The SMILES string of the molecule is C.O=C1C=CC(=O)O1.O=C1OC(=O)[C@@H]2C1[C@H]1C=CC13OC23.c1ccoc1. The van der Waals surface area contributed by atoms with Gasteiger partial charge in [-0.15, -0.1) is 0 Å². The lowest BCUT2D eigenvalue weighted by atomic mass is 9.78. The second-order valence-corrected chi connectivity index (χ2v) is 5.94. The average molecular weight is 360 g/mol. The molecule has 2 aliphatic carbocycles. The van der Waals surface area contributed by atoms with Crippen molar-refractivity contribution in [1.82, 2.24) is 0 Å². The molecule has 6 rings (SSSR count). The third kappa shape index (κ3) is 2.68. The van der Waals surface area contributed by atoms with Crippen LogP contribution in [0.3, 0.4) is 0 Å². The number of furan rings is 1. The van der Waals surface area contributed by atoms with E-state index in [4.69, 9.17) is 4.74 Å². The van der Waals surface area contributed by atoms with E-state index in [1.165, 1.54) is 0 Å². The molecule has 8 heteroatoms. The van der Waals surface area contributed by atoms with E-state index < -0.39 is 17.9 Å². The van der Waals surface area contributed by atoms with E-state index in [9.17, 15) is 19.2 Å². The maximum absolute atomic E-state index is 11.3. The van der Waals surface area contributed by atoms with E-state index >= 15 is 0 Å². The van der Waals surface area contributed by atoms with Gasteiger partial charge in [0.1, 0.15) is 17.6 Å². The molecular formula is C18H16O8. The van der Waals surface area contributed by atoms with Gasteiger partial charge in [-0.2, -0.15) is 0 Å². The fourth-order valence-electron chi connectivity index (χ4n) is 3.48. The minimum atomic E-state index is -0.579. The lowest BCUT2D eigenvalue weighted by Gasteiger charge is -2.25. The lowest BCUT2D eigenvalue weighted by molar-refractivity contribution is -0.155. The summed E-state index contributed by atoms with van der Waals surface area (Å²) in [6.45, 7) is 0. The molecule has 0 N–H and O–H groups in total. The summed E-state index contributed by atoms with van der Waals surface area (Å²) in [4.78, 5) is 42.4. The molecule has 2 saturated heterocycles. The predicted octanol–water partition coefficient (Wildman–Crippen LogP) is 1.18. The first-order valence-electron chi connectivity index (χ1n) is 7.56. The summed E-state index contributed by atoms with van der Waals surface area (Å²) < 4.78 is 18.6. The van der Waals surface area contributed by atoms with Gasteiger partial charge in [0.2, 0.25) is 0 Å². The number of hydrogen-bond acceptors (Lipinski definition) is 8. The van der Waals surface area contributed by atoms with Crippen molar-refractivity contribution in [3.8, 4) is 0 Å². The van der Waals surface area contributed by atoms with Gasteiger partial charge in [0.05, 0.1) is 18.4 Å². The Morgan fingerprint density at radius 2 is 1.46 bits per heavy atom. The highest BCUT2D eigenvalue weighted by atomic mass is 16.6. The number of fused-ring (bicyclic) bond motifs is 3. The summed E-state index contributed by atoms with van der Waals surface area (Å²) in [5, 5.41) is 0. The molecule has 0 radical (unpaired) electrons. The molecule has 3 unspecified atom stereocenters. The van der Waals surface area contributed by atoms with Crippen molar-refractivity contribution in [2.75, 3.05) is 0 Å². The van der Waals surface area contributed by atoms with Gasteiger partial charge in [-0.25, -0.2) is 9.59 Å². The van der Waals surface area contributed by atoms with Crippen LogP contribution in [-0.2, 0) is 33.4 Å². The van der Waals surface area contributed by atoms with E-state index in [2.05, 4.69) is 13.9 Å². The fourth-order valence-corrected chi connectivity index (χ4v) is 3.48. The fraction of sp³-hybridized carbons (Fsp3) is 0.333. The molecule has 1 aromatic heterocycles. The molecule has 0 aromatic carbocycles. The number of hydrogen-bond donors (Lipinski definition) is 0. The van der Waals surface area contributed by atoms with E-state index in [1.807, 2.05) is 24.3 Å². The van der Waals surface area contributed by atoms with Gasteiger partial charge in [0.25, 0.3) is 0 Å². The summed E-state index contributed by atoms with van der Waals surface area (Å²) in [5.74, 6) is -2.40. The van der Waals surface area contributed by atoms with Crippen LogP contribution in [0, 0.1) is 17.8 Å². The highest BCUT2D eigenvalue weighted by Gasteiger charge is 2.80. The Morgan fingerprint density at radius 3 is 1.88 bits per heavy atom. The molecule has 1 saturated carbocycles. The van der Waals surface area contributed by atoms with Crippen LogP contribution in [0.25, 0.3) is 0 Å². The summed E-state index contributed by atoms with van der Waals surface area (Å²) >= 11 is 0. The number of carbonyl (C=O) groups is 4. The second kappa shape index (κ2) is 6.38. The van der Waals surface area contributed by atoms with Gasteiger partial charge < -0.3 is 18.6 Å². The van der Waals surface area contributed by atoms with E-state index in [0.29, 0.717) is 0 Å². The molecule has 0 amide bonds. The smallest absolute Gasteiger partial charge is 0.338 e. The van der Waals surface area contributed by atoms with E-state index in [1.54, 1.807) is 12.5 Å². The summed E-state index contributed by atoms with van der Waals surface area (Å²) in [5.41, 5.74) is -0.246. The van der Waals surface area contributed by atoms with Crippen LogP contribution in [0.2, 0.25) is 0 Å². The maximum atomic E-state index is 11.3. The number of rotatable bonds is 0. The Bertz CT molecular complexity index is 772. The van der Waals surface area contributed by atoms with Gasteiger partial charge in [-0.05, 0) is 12.1 Å². The zero-order chi connectivity index (χ0) is 17.6. The van der Waals surface area contributed by atoms with Crippen LogP contribution >= 0.6 is 0 Å². The van der Waals surface area contributed by atoms with Crippen molar-refractivity contribution in [1.29, 1.82) is 0 Å².